The summed E-state index contributed by atoms with van der Waals surface area (Å²) < 4.78 is 13.3. The maximum Gasteiger partial charge on any atom is 0.338 e. The topological polar surface area (TPSA) is 82.5 Å². The molecule has 2 amide bonds. The second-order valence-electron chi connectivity index (χ2n) is 4.27. The summed E-state index contributed by atoms with van der Waals surface area (Å²) in [6.07, 6.45) is 0. The number of nitrogens with zero attached hydrogens (tertiary/aromatic N) is 2. The number of carboxylic acids is 1. The fourth-order valence-electron chi connectivity index (χ4n) is 1.62. The van der Waals surface area contributed by atoms with Gasteiger partial charge >= 0.3 is 12.0 Å². The van der Waals surface area contributed by atoms with Gasteiger partial charge in [0.15, 0.2) is 0 Å². The maximum atomic E-state index is 13.3. The average molecular weight is 309 g/mol. The van der Waals surface area contributed by atoms with Crippen LogP contribution >= 0.6 is 11.3 Å². The van der Waals surface area contributed by atoms with Gasteiger partial charge < -0.3 is 15.3 Å². The van der Waals surface area contributed by atoms with Crippen LogP contribution in [0.2, 0.25) is 0 Å². The van der Waals surface area contributed by atoms with E-state index < -0.39 is 23.4 Å². The number of nitrogens with one attached hydrogen (secondary N) is 1. The number of carboxylic acid groups (broad SMARTS) is 1. The Hall–Kier alpha value is -2.48. The van der Waals surface area contributed by atoms with Crippen molar-refractivity contribution in [2.75, 3.05) is 12.4 Å². The van der Waals surface area contributed by atoms with E-state index in [0.29, 0.717) is 6.54 Å². The zero-order valence-electron chi connectivity index (χ0n) is 11.0. The van der Waals surface area contributed by atoms with Crippen molar-refractivity contribution in [3.05, 3.63) is 46.2 Å². The summed E-state index contributed by atoms with van der Waals surface area (Å²) in [6, 6.07) is 2.94. The van der Waals surface area contributed by atoms with E-state index in [0.717, 1.165) is 17.8 Å². The van der Waals surface area contributed by atoms with Crippen LogP contribution in [-0.2, 0) is 6.54 Å². The zero-order chi connectivity index (χ0) is 15.4. The van der Waals surface area contributed by atoms with Gasteiger partial charge in [0.05, 0.1) is 23.3 Å². The molecular weight excluding hydrogens is 297 g/mol. The minimum absolute atomic E-state index is 0.212. The number of aromatic nitrogens is 1. The molecule has 0 bridgehead atoms. The third-order valence-corrected chi connectivity index (χ3v) is 3.31. The second kappa shape index (κ2) is 6.31. The lowest BCUT2D eigenvalue weighted by atomic mass is 10.2. The Kier molecular flexibility index (Phi) is 4.49. The average Bonchev–Trinajstić information content (AvgIpc) is 2.93. The van der Waals surface area contributed by atoms with Crippen LogP contribution < -0.4 is 5.32 Å². The Labute approximate surface area is 123 Å². The molecule has 0 atom stereocenters. The normalized spacial score (nSPS) is 10.2. The van der Waals surface area contributed by atoms with Crippen LogP contribution in [0.1, 0.15) is 16.1 Å². The zero-order valence-corrected chi connectivity index (χ0v) is 11.9. The van der Waals surface area contributed by atoms with Crippen molar-refractivity contribution in [3.8, 4) is 0 Å². The van der Waals surface area contributed by atoms with E-state index in [1.54, 1.807) is 12.6 Å². The largest absolute Gasteiger partial charge is 0.478 e. The van der Waals surface area contributed by atoms with Crippen LogP contribution in [-0.4, -0.2) is 34.0 Å². The number of hydrogen-bond acceptors (Lipinski definition) is 4. The SMILES string of the molecule is CN(Cc1cscn1)C(=O)Nc1ccc(F)c(C(=O)O)c1. The number of hydrogen-bond donors (Lipinski definition) is 2. The summed E-state index contributed by atoms with van der Waals surface area (Å²) in [5.74, 6) is -2.24. The van der Waals surface area contributed by atoms with Gasteiger partial charge in [0.2, 0.25) is 0 Å². The molecule has 8 heteroatoms. The van der Waals surface area contributed by atoms with Gasteiger partial charge in [-0.05, 0) is 18.2 Å². The highest BCUT2D eigenvalue weighted by Gasteiger charge is 2.14. The number of halogens is 1. The number of anilines is 1. The van der Waals surface area contributed by atoms with Gasteiger partial charge in [-0.25, -0.2) is 19.0 Å². The summed E-state index contributed by atoms with van der Waals surface area (Å²) >= 11 is 1.43. The van der Waals surface area contributed by atoms with Crippen molar-refractivity contribution in [1.82, 2.24) is 9.88 Å². The van der Waals surface area contributed by atoms with Gasteiger partial charge in [0.25, 0.3) is 0 Å². The Morgan fingerprint density at radius 1 is 1.48 bits per heavy atom. The second-order valence-corrected chi connectivity index (χ2v) is 4.98. The summed E-state index contributed by atoms with van der Waals surface area (Å²) in [5.41, 5.74) is 2.14. The van der Waals surface area contributed by atoms with E-state index in [9.17, 15) is 14.0 Å². The number of carbonyl (C=O) groups is 2. The minimum Gasteiger partial charge on any atom is -0.478 e. The molecule has 1 aromatic heterocycles. The van der Waals surface area contributed by atoms with Crippen molar-refractivity contribution >= 4 is 29.0 Å². The standard InChI is InChI=1S/C13H12FN3O3S/c1-17(5-9-6-21-7-15-9)13(20)16-8-2-3-11(14)10(4-8)12(18)19/h2-4,6-7H,5H2,1H3,(H,16,20)(H,18,19). The first kappa shape index (κ1) is 14.9. The predicted octanol–water partition coefficient (Wildman–Crippen LogP) is 2.64. The summed E-state index contributed by atoms with van der Waals surface area (Å²) in [7, 11) is 1.58. The molecule has 110 valence electrons. The van der Waals surface area contributed by atoms with Crippen molar-refractivity contribution in [1.29, 1.82) is 0 Å². The Morgan fingerprint density at radius 2 is 2.24 bits per heavy atom. The summed E-state index contributed by atoms with van der Waals surface area (Å²) in [6.45, 7) is 0.322. The van der Waals surface area contributed by atoms with E-state index in [-0.39, 0.29) is 5.69 Å². The molecule has 1 heterocycles. The smallest absolute Gasteiger partial charge is 0.338 e. The van der Waals surface area contributed by atoms with Crippen LogP contribution in [0, 0.1) is 5.82 Å². The van der Waals surface area contributed by atoms with Crippen molar-refractivity contribution in [2.24, 2.45) is 0 Å². The van der Waals surface area contributed by atoms with Gasteiger partial charge in [-0.15, -0.1) is 11.3 Å². The van der Waals surface area contributed by atoms with Crippen molar-refractivity contribution in [3.63, 3.8) is 0 Å². The third-order valence-electron chi connectivity index (χ3n) is 2.68. The molecule has 0 saturated carbocycles. The molecule has 0 aliphatic rings. The molecule has 0 unspecified atom stereocenters. The number of carbonyl (C=O) groups excluding carboxylic acids is 1. The van der Waals surface area contributed by atoms with Crippen LogP contribution in [0.3, 0.4) is 0 Å². The Bertz CT molecular complexity index is 661. The predicted molar refractivity (Wildman–Crippen MR) is 76.0 cm³/mol. The number of amides is 2. The highest BCUT2D eigenvalue weighted by Crippen LogP contribution is 2.15. The Morgan fingerprint density at radius 3 is 2.86 bits per heavy atom. The molecular formula is C13H12FN3O3S. The molecule has 2 N–H and O–H groups in total. The van der Waals surface area contributed by atoms with Gasteiger partial charge in [0.1, 0.15) is 5.82 Å². The quantitative estimate of drug-likeness (QED) is 0.909. The number of thiazole rings is 1. The van der Waals surface area contributed by atoms with Crippen LogP contribution in [0.5, 0.6) is 0 Å². The number of urea groups is 1. The monoisotopic (exact) mass is 309 g/mol. The Balaban J connectivity index is 2.05. The van der Waals surface area contributed by atoms with Crippen molar-refractivity contribution < 1.29 is 19.1 Å². The lowest BCUT2D eigenvalue weighted by molar-refractivity contribution is 0.0692. The first-order valence-corrected chi connectivity index (χ1v) is 6.83. The lowest BCUT2D eigenvalue weighted by Crippen LogP contribution is -2.31. The van der Waals surface area contributed by atoms with Gasteiger partial charge in [-0.1, -0.05) is 0 Å². The van der Waals surface area contributed by atoms with E-state index in [1.165, 1.54) is 22.3 Å². The van der Waals surface area contributed by atoms with Crippen molar-refractivity contribution in [2.45, 2.75) is 6.54 Å². The fourth-order valence-corrected chi connectivity index (χ4v) is 2.17. The summed E-state index contributed by atoms with van der Waals surface area (Å²) in [4.78, 5) is 28.2. The molecule has 2 aromatic rings. The van der Waals surface area contributed by atoms with Crippen LogP contribution in [0.15, 0.2) is 29.1 Å². The van der Waals surface area contributed by atoms with E-state index >= 15 is 0 Å². The van der Waals surface area contributed by atoms with Crippen LogP contribution in [0.4, 0.5) is 14.9 Å². The molecule has 6 nitrogen and oxygen atoms in total. The molecule has 0 aliphatic carbocycles. The molecule has 0 radical (unpaired) electrons. The molecule has 0 spiro atoms. The number of aromatic carboxylic acids is 1. The number of rotatable bonds is 4. The third kappa shape index (κ3) is 3.76. The first-order valence-electron chi connectivity index (χ1n) is 5.89. The molecule has 2 rings (SSSR count). The van der Waals surface area contributed by atoms with Crippen LogP contribution in [0.25, 0.3) is 0 Å². The van der Waals surface area contributed by atoms with E-state index in [2.05, 4.69) is 10.3 Å². The fraction of sp³-hybridized carbons (Fsp3) is 0.154. The molecule has 1 aromatic carbocycles. The van der Waals surface area contributed by atoms with Gasteiger partial charge in [0, 0.05) is 18.1 Å². The summed E-state index contributed by atoms with van der Waals surface area (Å²) in [5, 5.41) is 13.2. The van der Waals surface area contributed by atoms with E-state index in [1.807, 2.05) is 5.38 Å². The highest BCUT2D eigenvalue weighted by atomic mass is 32.1. The number of benzene rings is 1. The maximum absolute atomic E-state index is 13.3. The van der Waals surface area contributed by atoms with E-state index in [4.69, 9.17) is 5.11 Å². The molecule has 0 saturated heterocycles. The lowest BCUT2D eigenvalue weighted by Gasteiger charge is -2.17. The molecule has 21 heavy (non-hydrogen) atoms. The molecule has 0 aliphatic heterocycles. The first-order chi connectivity index (χ1) is 9.97. The minimum atomic E-state index is -1.39. The van der Waals surface area contributed by atoms with Gasteiger partial charge in [-0.3, -0.25) is 0 Å². The van der Waals surface area contributed by atoms with Gasteiger partial charge in [-0.2, -0.15) is 0 Å². The highest BCUT2D eigenvalue weighted by molar-refractivity contribution is 7.07. The molecule has 0 fully saturated rings.